The van der Waals surface area contributed by atoms with Crippen molar-refractivity contribution >= 4 is 17.5 Å². The molecule has 0 N–H and O–H groups in total. The third kappa shape index (κ3) is 3.47. The number of nitrogens with zero attached hydrogens (tertiary/aromatic N) is 2. The molecule has 2 aliphatic carbocycles. The summed E-state index contributed by atoms with van der Waals surface area (Å²) in [5.74, 6) is 0. The molecule has 2 aliphatic rings. The number of carbonyl (C=O) groups excluding carboxylic acids is 1. The van der Waals surface area contributed by atoms with Crippen LogP contribution in [0.3, 0.4) is 0 Å². The lowest BCUT2D eigenvalue weighted by molar-refractivity contribution is -0.385. The van der Waals surface area contributed by atoms with Gasteiger partial charge in [-0.25, -0.2) is 4.79 Å². The Kier molecular flexibility index (Phi) is 4.89. The summed E-state index contributed by atoms with van der Waals surface area (Å²) in [5.41, 5.74) is -0.326. The van der Waals surface area contributed by atoms with Gasteiger partial charge in [0.2, 0.25) is 0 Å². The summed E-state index contributed by atoms with van der Waals surface area (Å²) < 4.78 is 11.5. The van der Waals surface area contributed by atoms with Crippen LogP contribution in [0.1, 0.15) is 49.7 Å². The highest BCUT2D eigenvalue weighted by atomic mass is 16.7. The first kappa shape index (κ1) is 19.8. The first-order valence-electron chi connectivity index (χ1n) is 9.76. The number of hydrogen-bond donors (Lipinski definition) is 0. The SMILES string of the molecule is O=C(OC1(c2ccc([N+](=O)[O-])cc2)CCC1)OC1(c2ccc([N+](=O)[O-])cc2)CCC1. The maximum atomic E-state index is 12.7. The summed E-state index contributed by atoms with van der Waals surface area (Å²) in [7, 11) is 0. The second kappa shape index (κ2) is 7.40. The summed E-state index contributed by atoms with van der Waals surface area (Å²) in [4.78, 5) is 33.5. The Morgan fingerprint density at radius 1 is 0.700 bits per heavy atom. The summed E-state index contributed by atoms with van der Waals surface area (Å²) in [6, 6.07) is 12.0. The van der Waals surface area contributed by atoms with Crippen molar-refractivity contribution in [2.24, 2.45) is 0 Å². The molecule has 0 amide bonds. The van der Waals surface area contributed by atoms with E-state index < -0.39 is 27.2 Å². The van der Waals surface area contributed by atoms with Crippen LogP contribution >= 0.6 is 0 Å². The van der Waals surface area contributed by atoms with Gasteiger partial charge in [-0.05, 0) is 73.9 Å². The highest BCUT2D eigenvalue weighted by molar-refractivity contribution is 5.63. The monoisotopic (exact) mass is 412 g/mol. The van der Waals surface area contributed by atoms with Crippen molar-refractivity contribution in [2.45, 2.75) is 49.7 Å². The lowest BCUT2D eigenvalue weighted by Crippen LogP contribution is -2.44. The fourth-order valence-corrected chi connectivity index (χ4v) is 4.01. The van der Waals surface area contributed by atoms with E-state index in [0.717, 1.165) is 12.8 Å². The molecule has 4 rings (SSSR count). The topological polar surface area (TPSA) is 122 Å². The molecule has 0 unspecified atom stereocenters. The van der Waals surface area contributed by atoms with Gasteiger partial charge in [0.05, 0.1) is 9.85 Å². The summed E-state index contributed by atoms with van der Waals surface area (Å²) in [5, 5.41) is 21.8. The van der Waals surface area contributed by atoms with Crippen LogP contribution in [0, 0.1) is 20.2 Å². The maximum absolute atomic E-state index is 12.7. The van der Waals surface area contributed by atoms with Crippen molar-refractivity contribution in [3.05, 3.63) is 79.9 Å². The zero-order valence-corrected chi connectivity index (χ0v) is 16.1. The van der Waals surface area contributed by atoms with Crippen molar-refractivity contribution in [1.82, 2.24) is 0 Å². The normalized spacial score (nSPS) is 18.4. The maximum Gasteiger partial charge on any atom is 0.510 e. The van der Waals surface area contributed by atoms with Crippen molar-refractivity contribution in [1.29, 1.82) is 0 Å². The Labute approximate surface area is 171 Å². The van der Waals surface area contributed by atoms with Gasteiger partial charge in [-0.2, -0.15) is 0 Å². The number of rotatable bonds is 6. The van der Waals surface area contributed by atoms with Crippen molar-refractivity contribution in [3.8, 4) is 0 Å². The number of benzene rings is 2. The minimum Gasteiger partial charge on any atom is -0.423 e. The Morgan fingerprint density at radius 2 is 1.03 bits per heavy atom. The van der Waals surface area contributed by atoms with Gasteiger partial charge in [-0.1, -0.05) is 0 Å². The van der Waals surface area contributed by atoms with E-state index in [2.05, 4.69) is 0 Å². The van der Waals surface area contributed by atoms with E-state index >= 15 is 0 Å². The van der Waals surface area contributed by atoms with Crippen molar-refractivity contribution in [2.75, 3.05) is 0 Å². The highest BCUT2D eigenvalue weighted by Gasteiger charge is 2.47. The van der Waals surface area contributed by atoms with Gasteiger partial charge in [0.25, 0.3) is 11.4 Å². The molecule has 0 aliphatic heterocycles. The molecule has 0 spiro atoms. The van der Waals surface area contributed by atoms with E-state index in [9.17, 15) is 25.0 Å². The average molecular weight is 412 g/mol. The van der Waals surface area contributed by atoms with E-state index in [1.165, 1.54) is 24.3 Å². The zero-order chi connectivity index (χ0) is 21.4. The van der Waals surface area contributed by atoms with E-state index in [1.54, 1.807) is 24.3 Å². The highest BCUT2D eigenvalue weighted by Crippen LogP contribution is 2.48. The zero-order valence-electron chi connectivity index (χ0n) is 16.1. The smallest absolute Gasteiger partial charge is 0.423 e. The van der Waals surface area contributed by atoms with E-state index in [0.29, 0.717) is 36.8 Å². The standard InChI is InChI=1S/C21H20N2O7/c24-19(29-20(11-1-12-20)15-3-7-17(8-4-15)22(25)26)30-21(13-2-14-21)16-5-9-18(10-6-16)23(27)28/h3-10H,1-2,11-14H2. The van der Waals surface area contributed by atoms with Crippen LogP contribution in [0.5, 0.6) is 0 Å². The molecule has 2 saturated carbocycles. The predicted octanol–water partition coefficient (Wildman–Crippen LogP) is 5.11. The first-order chi connectivity index (χ1) is 14.3. The molecule has 2 aromatic carbocycles. The average Bonchev–Trinajstić information content (AvgIpc) is 2.68. The van der Waals surface area contributed by atoms with E-state index in [1.807, 2.05) is 0 Å². The molecule has 0 atom stereocenters. The third-order valence-corrected chi connectivity index (χ3v) is 6.09. The molecule has 0 radical (unpaired) electrons. The summed E-state index contributed by atoms with van der Waals surface area (Å²) >= 11 is 0. The van der Waals surface area contributed by atoms with Crippen LogP contribution in [-0.2, 0) is 20.7 Å². The van der Waals surface area contributed by atoms with Gasteiger partial charge in [-0.15, -0.1) is 0 Å². The molecule has 0 saturated heterocycles. The number of nitro benzene ring substituents is 2. The largest absolute Gasteiger partial charge is 0.510 e. The fourth-order valence-electron chi connectivity index (χ4n) is 4.01. The minimum atomic E-state index is -0.841. The van der Waals surface area contributed by atoms with Crippen molar-refractivity contribution < 1.29 is 24.1 Å². The van der Waals surface area contributed by atoms with Crippen LogP contribution in [0.15, 0.2) is 48.5 Å². The molecule has 9 nitrogen and oxygen atoms in total. The van der Waals surface area contributed by atoms with Gasteiger partial charge >= 0.3 is 6.16 Å². The van der Waals surface area contributed by atoms with Crippen LogP contribution in [0.2, 0.25) is 0 Å². The van der Waals surface area contributed by atoms with Crippen LogP contribution < -0.4 is 0 Å². The van der Waals surface area contributed by atoms with Gasteiger partial charge in [0.1, 0.15) is 11.2 Å². The fraction of sp³-hybridized carbons (Fsp3) is 0.381. The second-order valence-corrected chi connectivity index (χ2v) is 7.76. The number of hydrogen-bond acceptors (Lipinski definition) is 7. The van der Waals surface area contributed by atoms with Gasteiger partial charge in [0.15, 0.2) is 0 Å². The predicted molar refractivity (Wildman–Crippen MR) is 105 cm³/mol. The van der Waals surface area contributed by atoms with Gasteiger partial charge in [-0.3, -0.25) is 20.2 Å². The molecular formula is C21H20N2O7. The molecule has 0 bridgehead atoms. The number of nitro groups is 2. The van der Waals surface area contributed by atoms with E-state index in [-0.39, 0.29) is 11.4 Å². The molecule has 0 heterocycles. The Bertz CT molecular complexity index is 898. The first-order valence-corrected chi connectivity index (χ1v) is 9.76. The Hall–Kier alpha value is -3.49. The molecule has 30 heavy (non-hydrogen) atoms. The second-order valence-electron chi connectivity index (χ2n) is 7.76. The molecule has 2 fully saturated rings. The lowest BCUT2D eigenvalue weighted by atomic mass is 9.74. The molecule has 0 aromatic heterocycles. The van der Waals surface area contributed by atoms with Crippen LogP contribution in [0.25, 0.3) is 0 Å². The molecular weight excluding hydrogens is 392 g/mol. The Balaban J connectivity index is 1.49. The number of non-ortho nitro benzene ring substituents is 2. The Morgan fingerprint density at radius 3 is 1.27 bits per heavy atom. The number of ether oxygens (including phenoxy) is 2. The lowest BCUT2D eigenvalue weighted by Gasteiger charge is -2.44. The van der Waals surface area contributed by atoms with E-state index in [4.69, 9.17) is 9.47 Å². The summed E-state index contributed by atoms with van der Waals surface area (Å²) in [6.45, 7) is 0. The third-order valence-electron chi connectivity index (χ3n) is 6.09. The molecule has 156 valence electrons. The van der Waals surface area contributed by atoms with Crippen molar-refractivity contribution in [3.63, 3.8) is 0 Å². The number of carbonyl (C=O) groups is 1. The van der Waals surface area contributed by atoms with Crippen LogP contribution in [0.4, 0.5) is 16.2 Å². The van der Waals surface area contributed by atoms with Gasteiger partial charge in [0, 0.05) is 24.3 Å². The quantitative estimate of drug-likeness (QED) is 0.367. The molecule has 9 heteroatoms. The van der Waals surface area contributed by atoms with Gasteiger partial charge < -0.3 is 9.47 Å². The van der Waals surface area contributed by atoms with Crippen LogP contribution in [-0.4, -0.2) is 16.0 Å². The summed E-state index contributed by atoms with van der Waals surface area (Å²) in [6.07, 6.45) is 3.41. The minimum absolute atomic E-state index is 0.0256. The molecule has 2 aromatic rings.